The van der Waals surface area contributed by atoms with Gasteiger partial charge in [-0.3, -0.25) is 4.79 Å². The minimum atomic E-state index is -4.54. The minimum absolute atomic E-state index is 0.0682. The summed E-state index contributed by atoms with van der Waals surface area (Å²) in [5, 5.41) is 3.70. The number of rotatable bonds is 5. The van der Waals surface area contributed by atoms with Crippen LogP contribution < -0.4 is 5.32 Å². The number of esters is 2. The van der Waals surface area contributed by atoms with Gasteiger partial charge in [-0.2, -0.15) is 13.2 Å². The van der Waals surface area contributed by atoms with E-state index in [1.165, 1.54) is 18.1 Å². The number of carbonyl (C=O) groups excluding carboxylic acids is 2. The number of nitrogens with one attached hydrogen (secondary N) is 1. The van der Waals surface area contributed by atoms with Crippen LogP contribution in [-0.2, 0) is 40.0 Å². The van der Waals surface area contributed by atoms with Gasteiger partial charge in [0.25, 0.3) is 0 Å². The highest BCUT2D eigenvalue weighted by atomic mass is 19.4. The molecule has 0 saturated heterocycles. The molecule has 1 aliphatic rings. The maximum absolute atomic E-state index is 13.3. The van der Waals surface area contributed by atoms with Crippen LogP contribution in [0.2, 0.25) is 0 Å². The van der Waals surface area contributed by atoms with Gasteiger partial charge in [0.15, 0.2) is 0 Å². The topological polar surface area (TPSA) is 69.6 Å². The highest BCUT2D eigenvalue weighted by Crippen LogP contribution is 2.34. The van der Waals surface area contributed by atoms with Crippen LogP contribution in [0.4, 0.5) is 13.2 Å². The van der Waals surface area contributed by atoms with Crippen molar-refractivity contribution in [3.05, 3.63) is 70.4 Å². The fourth-order valence-corrected chi connectivity index (χ4v) is 4.04. The smallest absolute Gasteiger partial charge is 0.416 e. The molecule has 1 aliphatic heterocycles. The largest absolute Gasteiger partial charge is 0.466 e. The number of ether oxygens (including phenoxy) is 2. The Morgan fingerprint density at radius 2 is 1.77 bits per heavy atom. The maximum Gasteiger partial charge on any atom is 0.416 e. The Balaban J connectivity index is 0.000000509. The molecule has 0 atom stereocenters. The Morgan fingerprint density at radius 3 is 2.40 bits per heavy atom. The number of nitrogens with zero attached hydrogens (tertiary/aromatic N) is 1. The monoisotopic (exact) mass is 490 g/mol. The van der Waals surface area contributed by atoms with E-state index in [-0.39, 0.29) is 18.1 Å². The standard InChI is InChI=1S/C22H21F3N2O2.C4H8O2/c1-2-29-21(28)19-11-18(22(23,24)25)10-16-6-8-27(20(16)19)13-14-3-4-15-5-7-26-12-17(15)9-14;1-3-6-4(2)5/h3-4,6,8-11,26H,2,5,7,12-13H2,1H3;3H2,1-2H3. The van der Waals surface area contributed by atoms with Crippen LogP contribution in [0.5, 0.6) is 0 Å². The van der Waals surface area contributed by atoms with Crippen molar-refractivity contribution >= 4 is 22.8 Å². The lowest BCUT2D eigenvalue weighted by atomic mass is 9.98. The quantitative estimate of drug-likeness (QED) is 0.504. The predicted molar refractivity (Wildman–Crippen MR) is 126 cm³/mol. The van der Waals surface area contributed by atoms with Gasteiger partial charge < -0.3 is 19.4 Å². The van der Waals surface area contributed by atoms with E-state index in [1.54, 1.807) is 30.7 Å². The zero-order valence-electron chi connectivity index (χ0n) is 20.0. The molecule has 2 aromatic carbocycles. The number of halogens is 3. The Bertz CT molecular complexity index is 1200. The van der Waals surface area contributed by atoms with Gasteiger partial charge in [-0.15, -0.1) is 0 Å². The summed E-state index contributed by atoms with van der Waals surface area (Å²) in [6.07, 6.45) is -1.84. The molecular weight excluding hydrogens is 461 g/mol. The van der Waals surface area contributed by atoms with Crippen LogP contribution >= 0.6 is 0 Å². The number of hydrogen-bond donors (Lipinski definition) is 1. The van der Waals surface area contributed by atoms with E-state index in [0.29, 0.717) is 24.1 Å². The summed E-state index contributed by atoms with van der Waals surface area (Å²) in [5.41, 5.74) is 3.10. The molecule has 35 heavy (non-hydrogen) atoms. The SMILES string of the molecule is CCOC(=O)c1cc(C(F)(F)F)cc2ccn(Cc3ccc4c(c3)CNCC4)c12.CCOC(C)=O. The summed E-state index contributed by atoms with van der Waals surface area (Å²) in [7, 11) is 0. The molecule has 188 valence electrons. The number of aromatic nitrogens is 1. The molecule has 0 spiro atoms. The molecule has 0 amide bonds. The maximum atomic E-state index is 13.3. The molecule has 1 aromatic heterocycles. The van der Waals surface area contributed by atoms with E-state index < -0.39 is 17.7 Å². The number of hydrogen-bond acceptors (Lipinski definition) is 5. The number of fused-ring (bicyclic) bond motifs is 2. The van der Waals surface area contributed by atoms with E-state index in [0.717, 1.165) is 37.2 Å². The Hall–Kier alpha value is -3.33. The van der Waals surface area contributed by atoms with Crippen molar-refractivity contribution in [1.82, 2.24) is 9.88 Å². The molecule has 0 aliphatic carbocycles. The Kier molecular flexibility index (Phi) is 8.56. The van der Waals surface area contributed by atoms with Crippen LogP contribution in [0.15, 0.2) is 42.6 Å². The average molecular weight is 491 g/mol. The van der Waals surface area contributed by atoms with Crippen LogP contribution in [0.3, 0.4) is 0 Å². The molecule has 6 nitrogen and oxygen atoms in total. The lowest BCUT2D eigenvalue weighted by Gasteiger charge is -2.18. The molecule has 0 bridgehead atoms. The fraction of sp³-hybridized carbons (Fsp3) is 0.385. The first-order valence-corrected chi connectivity index (χ1v) is 11.5. The normalized spacial score (nSPS) is 13.0. The number of alkyl halides is 3. The van der Waals surface area contributed by atoms with Gasteiger partial charge in [-0.25, -0.2) is 4.79 Å². The lowest BCUT2D eigenvalue weighted by molar-refractivity contribution is -0.140. The second-order valence-corrected chi connectivity index (χ2v) is 8.08. The first kappa shape index (κ1) is 26.3. The Labute approximate surface area is 202 Å². The zero-order valence-corrected chi connectivity index (χ0v) is 20.0. The first-order chi connectivity index (χ1) is 16.6. The van der Waals surface area contributed by atoms with Crippen molar-refractivity contribution < 1.29 is 32.2 Å². The predicted octanol–water partition coefficient (Wildman–Crippen LogP) is 5.10. The summed E-state index contributed by atoms with van der Waals surface area (Å²) in [5.74, 6) is -0.962. The van der Waals surface area contributed by atoms with E-state index in [2.05, 4.69) is 22.2 Å². The van der Waals surface area contributed by atoms with Crippen molar-refractivity contribution in [3.63, 3.8) is 0 Å². The van der Waals surface area contributed by atoms with Gasteiger partial charge in [0, 0.05) is 31.6 Å². The molecular formula is C26H29F3N2O4. The summed E-state index contributed by atoms with van der Waals surface area (Å²) < 4.78 is 51.1. The van der Waals surface area contributed by atoms with Crippen molar-refractivity contribution in [2.24, 2.45) is 0 Å². The second-order valence-electron chi connectivity index (χ2n) is 8.08. The number of benzene rings is 2. The van der Waals surface area contributed by atoms with Gasteiger partial charge in [-0.1, -0.05) is 18.2 Å². The molecule has 9 heteroatoms. The molecule has 0 radical (unpaired) electrons. The van der Waals surface area contributed by atoms with E-state index in [9.17, 15) is 22.8 Å². The molecule has 2 heterocycles. The summed E-state index contributed by atoms with van der Waals surface area (Å²) in [6.45, 7) is 7.59. The molecule has 0 saturated carbocycles. The Morgan fingerprint density at radius 1 is 1.03 bits per heavy atom. The third kappa shape index (κ3) is 6.63. The van der Waals surface area contributed by atoms with Gasteiger partial charge in [-0.05, 0) is 61.7 Å². The molecule has 1 N–H and O–H groups in total. The van der Waals surface area contributed by atoms with E-state index in [4.69, 9.17) is 4.74 Å². The van der Waals surface area contributed by atoms with Gasteiger partial charge in [0.2, 0.25) is 0 Å². The number of carbonyl (C=O) groups is 2. The highest BCUT2D eigenvalue weighted by molar-refractivity contribution is 6.03. The van der Waals surface area contributed by atoms with Crippen LogP contribution in [0.25, 0.3) is 10.9 Å². The summed E-state index contributed by atoms with van der Waals surface area (Å²) in [6, 6.07) is 9.81. The zero-order chi connectivity index (χ0) is 25.6. The average Bonchev–Trinajstić information content (AvgIpc) is 3.21. The molecule has 0 unspecified atom stereocenters. The molecule has 4 rings (SSSR count). The first-order valence-electron chi connectivity index (χ1n) is 11.5. The van der Waals surface area contributed by atoms with Gasteiger partial charge in [0.1, 0.15) is 0 Å². The fourth-order valence-electron chi connectivity index (χ4n) is 4.04. The molecule has 3 aromatic rings. The van der Waals surface area contributed by atoms with Crippen molar-refractivity contribution in [1.29, 1.82) is 0 Å². The van der Waals surface area contributed by atoms with Gasteiger partial charge in [0.05, 0.1) is 29.9 Å². The van der Waals surface area contributed by atoms with Crippen LogP contribution in [-0.4, -0.2) is 36.3 Å². The third-order valence-electron chi connectivity index (χ3n) is 5.54. The van der Waals surface area contributed by atoms with Crippen molar-refractivity contribution in [2.75, 3.05) is 19.8 Å². The second kappa shape index (κ2) is 11.4. The summed E-state index contributed by atoms with van der Waals surface area (Å²) >= 11 is 0. The van der Waals surface area contributed by atoms with Crippen molar-refractivity contribution in [3.8, 4) is 0 Å². The van der Waals surface area contributed by atoms with Crippen LogP contribution in [0, 0.1) is 0 Å². The van der Waals surface area contributed by atoms with Crippen molar-refractivity contribution in [2.45, 2.75) is 46.5 Å². The van der Waals surface area contributed by atoms with Gasteiger partial charge >= 0.3 is 18.1 Å². The summed E-state index contributed by atoms with van der Waals surface area (Å²) in [4.78, 5) is 22.2. The molecule has 0 fully saturated rings. The lowest BCUT2D eigenvalue weighted by Crippen LogP contribution is -2.23. The minimum Gasteiger partial charge on any atom is -0.466 e. The van der Waals surface area contributed by atoms with Crippen LogP contribution in [0.1, 0.15) is 53.4 Å². The van der Waals surface area contributed by atoms with E-state index >= 15 is 0 Å². The van der Waals surface area contributed by atoms with E-state index in [1.807, 2.05) is 6.07 Å². The third-order valence-corrected chi connectivity index (χ3v) is 5.54. The highest BCUT2D eigenvalue weighted by Gasteiger charge is 2.33.